The molecule has 0 radical (unpaired) electrons. The average molecular weight is 404 g/mol. The van der Waals surface area contributed by atoms with Crippen molar-refractivity contribution in [3.8, 4) is 0 Å². The molecule has 28 heavy (non-hydrogen) atoms. The van der Waals surface area contributed by atoms with E-state index in [-0.39, 0.29) is 16.5 Å². The maximum Gasteiger partial charge on any atom is 0.338 e. The molecule has 0 bridgehead atoms. The van der Waals surface area contributed by atoms with Crippen molar-refractivity contribution in [1.29, 1.82) is 0 Å². The van der Waals surface area contributed by atoms with Crippen LogP contribution in [0.15, 0.2) is 59.5 Å². The molecule has 8 heteroatoms. The lowest BCUT2D eigenvalue weighted by Crippen LogP contribution is -2.35. The summed E-state index contributed by atoms with van der Waals surface area (Å²) in [7, 11) is -2.41. The fourth-order valence-electron chi connectivity index (χ4n) is 2.35. The number of nitrogens with one attached hydrogen (secondary N) is 1. The number of benzene rings is 2. The van der Waals surface area contributed by atoms with Gasteiger partial charge in [0.05, 0.1) is 16.1 Å². The van der Waals surface area contributed by atoms with Crippen LogP contribution < -0.4 is 9.62 Å². The summed E-state index contributed by atoms with van der Waals surface area (Å²) in [5.41, 5.74) is 0.552. The number of para-hydroxylation sites is 1. The fraction of sp³-hybridized carbons (Fsp3) is 0.300. The lowest BCUT2D eigenvalue weighted by atomic mass is 10.2. The van der Waals surface area contributed by atoms with Gasteiger partial charge in [-0.1, -0.05) is 31.2 Å². The molecule has 2 rings (SSSR count). The molecule has 7 nitrogen and oxygen atoms in total. The van der Waals surface area contributed by atoms with Gasteiger partial charge in [-0.15, -0.1) is 0 Å². The average Bonchev–Trinajstić information content (AvgIpc) is 2.72. The van der Waals surface area contributed by atoms with Gasteiger partial charge in [-0.05, 0) is 43.7 Å². The Kier molecular flexibility index (Phi) is 7.17. The third-order valence-electron chi connectivity index (χ3n) is 4.20. The molecule has 0 aromatic heterocycles. The predicted octanol–water partition coefficient (Wildman–Crippen LogP) is 2.58. The van der Waals surface area contributed by atoms with Crippen molar-refractivity contribution in [3.05, 3.63) is 60.2 Å². The molecule has 0 aliphatic rings. The molecule has 0 aliphatic carbocycles. The van der Waals surface area contributed by atoms with Crippen molar-refractivity contribution in [2.24, 2.45) is 0 Å². The van der Waals surface area contributed by atoms with Crippen molar-refractivity contribution < 1.29 is 22.7 Å². The van der Waals surface area contributed by atoms with E-state index in [1.54, 1.807) is 30.3 Å². The predicted molar refractivity (Wildman–Crippen MR) is 107 cm³/mol. The maximum atomic E-state index is 12.8. The highest BCUT2D eigenvalue weighted by molar-refractivity contribution is 7.92. The highest BCUT2D eigenvalue weighted by Gasteiger charge is 2.23. The van der Waals surface area contributed by atoms with Crippen LogP contribution in [-0.4, -0.2) is 40.0 Å². The van der Waals surface area contributed by atoms with Crippen molar-refractivity contribution in [1.82, 2.24) is 5.32 Å². The molecule has 0 unspecified atom stereocenters. The third kappa shape index (κ3) is 5.32. The number of anilines is 1. The molecule has 2 aromatic carbocycles. The summed E-state index contributed by atoms with van der Waals surface area (Å²) in [5, 5.41) is 2.69. The summed E-state index contributed by atoms with van der Waals surface area (Å²) in [6.07, 6.45) is 0.758. The Morgan fingerprint density at radius 2 is 1.79 bits per heavy atom. The summed E-state index contributed by atoms with van der Waals surface area (Å²) in [5.74, 6) is -1.17. The van der Waals surface area contributed by atoms with E-state index in [0.717, 1.165) is 10.7 Å². The number of ether oxygens (including phenoxy) is 1. The van der Waals surface area contributed by atoms with Gasteiger partial charge in [0.15, 0.2) is 6.61 Å². The number of amides is 1. The molecule has 2 aromatic rings. The van der Waals surface area contributed by atoms with Crippen molar-refractivity contribution in [3.63, 3.8) is 0 Å². The van der Waals surface area contributed by atoms with Crippen LogP contribution in [0.1, 0.15) is 30.6 Å². The minimum atomic E-state index is -3.85. The Morgan fingerprint density at radius 3 is 2.43 bits per heavy atom. The number of nitrogens with zero attached hydrogens (tertiary/aromatic N) is 1. The Balaban J connectivity index is 2.12. The Hall–Kier alpha value is -2.87. The lowest BCUT2D eigenvalue weighted by molar-refractivity contribution is -0.124. The first kappa shape index (κ1) is 21.4. The van der Waals surface area contributed by atoms with E-state index in [9.17, 15) is 18.0 Å². The lowest BCUT2D eigenvalue weighted by Gasteiger charge is -2.19. The zero-order valence-corrected chi connectivity index (χ0v) is 16.9. The molecule has 0 fully saturated rings. The van der Waals surface area contributed by atoms with Crippen LogP contribution in [0.4, 0.5) is 5.69 Å². The summed E-state index contributed by atoms with van der Waals surface area (Å²) in [4.78, 5) is 23.9. The van der Waals surface area contributed by atoms with Crippen LogP contribution in [0.3, 0.4) is 0 Å². The molecule has 1 N–H and O–H groups in total. The summed E-state index contributed by atoms with van der Waals surface area (Å²) >= 11 is 0. The van der Waals surface area contributed by atoms with Crippen molar-refractivity contribution in [2.75, 3.05) is 18.0 Å². The van der Waals surface area contributed by atoms with Gasteiger partial charge in [-0.3, -0.25) is 9.10 Å². The highest BCUT2D eigenvalue weighted by Crippen LogP contribution is 2.22. The largest absolute Gasteiger partial charge is 0.452 e. The first-order chi connectivity index (χ1) is 13.3. The van der Waals surface area contributed by atoms with Gasteiger partial charge < -0.3 is 10.1 Å². The number of carbonyl (C=O) groups is 2. The molecular formula is C20H24N2O5S. The van der Waals surface area contributed by atoms with Crippen LogP contribution in [0, 0.1) is 0 Å². The number of esters is 1. The van der Waals surface area contributed by atoms with Crippen LogP contribution in [-0.2, 0) is 19.6 Å². The number of sulfonamides is 1. The summed E-state index contributed by atoms with van der Waals surface area (Å²) < 4.78 is 31.8. The zero-order valence-electron chi connectivity index (χ0n) is 16.1. The first-order valence-electron chi connectivity index (χ1n) is 8.86. The minimum absolute atomic E-state index is 0.0202. The molecule has 0 aliphatic heterocycles. The van der Waals surface area contributed by atoms with E-state index in [4.69, 9.17) is 4.74 Å². The van der Waals surface area contributed by atoms with Crippen LogP contribution in [0.2, 0.25) is 0 Å². The SMILES string of the molecule is CC[C@@H](C)NC(=O)COC(=O)c1cccc(S(=O)(=O)N(C)c2ccccc2)c1. The molecule has 0 saturated carbocycles. The molecular weight excluding hydrogens is 380 g/mol. The smallest absolute Gasteiger partial charge is 0.338 e. The van der Waals surface area contributed by atoms with E-state index >= 15 is 0 Å². The van der Waals surface area contributed by atoms with Gasteiger partial charge in [0, 0.05) is 13.1 Å². The molecule has 0 spiro atoms. The maximum absolute atomic E-state index is 12.8. The summed E-state index contributed by atoms with van der Waals surface area (Å²) in [6.45, 7) is 3.34. The van der Waals surface area contributed by atoms with Gasteiger partial charge in [-0.2, -0.15) is 0 Å². The van der Waals surface area contributed by atoms with Crippen LogP contribution in [0.5, 0.6) is 0 Å². The van der Waals surface area contributed by atoms with Crippen molar-refractivity contribution >= 4 is 27.6 Å². The van der Waals surface area contributed by atoms with E-state index in [1.165, 1.54) is 31.3 Å². The third-order valence-corrected chi connectivity index (χ3v) is 5.98. The van der Waals surface area contributed by atoms with Gasteiger partial charge in [-0.25, -0.2) is 13.2 Å². The highest BCUT2D eigenvalue weighted by atomic mass is 32.2. The summed E-state index contributed by atoms with van der Waals surface area (Å²) in [6, 6.07) is 14.1. The second-order valence-corrected chi connectivity index (χ2v) is 8.26. The van der Waals surface area contributed by atoms with Gasteiger partial charge in [0.2, 0.25) is 0 Å². The number of carbonyl (C=O) groups excluding carboxylic acids is 2. The van der Waals surface area contributed by atoms with Crippen molar-refractivity contribution in [2.45, 2.75) is 31.2 Å². The standard InChI is InChI=1S/C20H24N2O5S/c1-4-15(2)21-19(23)14-27-20(24)16-9-8-12-18(13-16)28(25,26)22(3)17-10-6-5-7-11-17/h5-13,15H,4,14H2,1-3H3,(H,21,23)/t15-/m1/s1. The van der Waals surface area contributed by atoms with Gasteiger partial charge in [0.1, 0.15) is 0 Å². The van der Waals surface area contributed by atoms with Gasteiger partial charge in [0.25, 0.3) is 15.9 Å². The quantitative estimate of drug-likeness (QED) is 0.683. The van der Waals surface area contributed by atoms with E-state index < -0.39 is 28.5 Å². The van der Waals surface area contributed by atoms with Crippen LogP contribution >= 0.6 is 0 Å². The van der Waals surface area contributed by atoms with E-state index in [2.05, 4.69) is 5.32 Å². The molecule has 0 heterocycles. The number of hydrogen-bond acceptors (Lipinski definition) is 5. The normalized spacial score (nSPS) is 12.1. The molecule has 1 amide bonds. The van der Waals surface area contributed by atoms with E-state index in [0.29, 0.717) is 5.69 Å². The molecule has 0 saturated heterocycles. The number of hydrogen-bond donors (Lipinski definition) is 1. The number of rotatable bonds is 8. The fourth-order valence-corrected chi connectivity index (χ4v) is 3.59. The first-order valence-corrected chi connectivity index (χ1v) is 10.3. The molecule has 1 atom stereocenters. The minimum Gasteiger partial charge on any atom is -0.452 e. The Bertz CT molecular complexity index is 929. The van der Waals surface area contributed by atoms with E-state index in [1.807, 2.05) is 13.8 Å². The Morgan fingerprint density at radius 1 is 1.11 bits per heavy atom. The van der Waals surface area contributed by atoms with Gasteiger partial charge >= 0.3 is 5.97 Å². The second-order valence-electron chi connectivity index (χ2n) is 6.29. The molecule has 150 valence electrons. The Labute approximate surface area is 165 Å². The monoisotopic (exact) mass is 404 g/mol. The van der Waals surface area contributed by atoms with Crippen LogP contribution in [0.25, 0.3) is 0 Å². The zero-order chi connectivity index (χ0) is 20.7. The topological polar surface area (TPSA) is 92.8 Å². The second kappa shape index (κ2) is 9.36.